The van der Waals surface area contributed by atoms with Gasteiger partial charge in [-0.2, -0.15) is 0 Å². The van der Waals surface area contributed by atoms with Crippen molar-refractivity contribution in [3.63, 3.8) is 0 Å². The van der Waals surface area contributed by atoms with Crippen LogP contribution < -0.4 is 9.78 Å². The molecule has 1 unspecified atom stereocenters. The van der Waals surface area contributed by atoms with Crippen molar-refractivity contribution in [2.75, 3.05) is 0 Å². The molecule has 4 nitrogen and oxygen atoms in total. The molecular formula is C18H27NO3Se. The second-order valence-electron chi connectivity index (χ2n) is 6.59. The van der Waals surface area contributed by atoms with E-state index in [0.29, 0.717) is 0 Å². The molecule has 1 rings (SSSR count). The van der Waals surface area contributed by atoms with Gasteiger partial charge in [0.25, 0.3) is 0 Å². The van der Waals surface area contributed by atoms with Crippen LogP contribution in [0.1, 0.15) is 41.0 Å². The van der Waals surface area contributed by atoms with E-state index in [1.165, 1.54) is 0 Å². The quantitative estimate of drug-likeness (QED) is 0.581. The zero-order valence-corrected chi connectivity index (χ0v) is 16.2. The fourth-order valence-corrected chi connectivity index (χ4v) is 4.54. The van der Waals surface area contributed by atoms with Gasteiger partial charge < -0.3 is 0 Å². The zero-order valence-electron chi connectivity index (χ0n) is 14.5. The SMILES string of the molecule is CCC(C)[C@H](NC(=O)OC(C)(C)C)[C@H](C=O)[Se]c1ccccc1. The molecule has 0 radical (unpaired) electrons. The number of amides is 1. The molecule has 1 aromatic rings. The van der Waals surface area contributed by atoms with E-state index in [0.717, 1.165) is 17.2 Å². The Bertz CT molecular complexity index is 499. The molecule has 0 aliphatic heterocycles. The first-order valence-electron chi connectivity index (χ1n) is 7.93. The normalized spacial score (nSPS) is 15.3. The fraction of sp³-hybridized carbons (Fsp3) is 0.556. The number of rotatable bonds is 7. The van der Waals surface area contributed by atoms with E-state index < -0.39 is 11.7 Å². The third-order valence-corrected chi connectivity index (χ3v) is 6.01. The van der Waals surface area contributed by atoms with Gasteiger partial charge in [0.1, 0.15) is 0 Å². The van der Waals surface area contributed by atoms with E-state index in [1.54, 1.807) is 0 Å². The minimum atomic E-state index is -0.550. The molecule has 0 spiro atoms. The summed E-state index contributed by atoms with van der Waals surface area (Å²) in [6.07, 6.45) is 1.40. The van der Waals surface area contributed by atoms with Gasteiger partial charge in [0.15, 0.2) is 0 Å². The van der Waals surface area contributed by atoms with Crippen LogP contribution in [0.4, 0.5) is 4.79 Å². The molecule has 1 amide bonds. The van der Waals surface area contributed by atoms with Crippen molar-refractivity contribution in [2.24, 2.45) is 5.92 Å². The van der Waals surface area contributed by atoms with Crippen molar-refractivity contribution in [1.82, 2.24) is 5.32 Å². The van der Waals surface area contributed by atoms with Crippen molar-refractivity contribution < 1.29 is 14.3 Å². The molecule has 5 heteroatoms. The van der Waals surface area contributed by atoms with Gasteiger partial charge in [0.2, 0.25) is 0 Å². The predicted molar refractivity (Wildman–Crippen MR) is 94.3 cm³/mol. The van der Waals surface area contributed by atoms with Crippen LogP contribution in [0, 0.1) is 5.92 Å². The van der Waals surface area contributed by atoms with E-state index in [2.05, 4.69) is 19.2 Å². The first-order chi connectivity index (χ1) is 10.8. The summed E-state index contributed by atoms with van der Waals surface area (Å²) in [5.41, 5.74) is -0.550. The van der Waals surface area contributed by atoms with E-state index in [4.69, 9.17) is 4.74 Å². The third kappa shape index (κ3) is 7.19. The second-order valence-corrected chi connectivity index (χ2v) is 9.21. The Balaban J connectivity index is 2.85. The molecule has 0 aliphatic carbocycles. The summed E-state index contributed by atoms with van der Waals surface area (Å²) < 4.78 is 6.50. The van der Waals surface area contributed by atoms with Gasteiger partial charge in [-0.3, -0.25) is 0 Å². The van der Waals surface area contributed by atoms with Gasteiger partial charge in [0, 0.05) is 0 Å². The van der Waals surface area contributed by atoms with Crippen LogP contribution in [0.25, 0.3) is 0 Å². The molecule has 0 heterocycles. The number of benzene rings is 1. The van der Waals surface area contributed by atoms with Gasteiger partial charge >= 0.3 is 145 Å². The Morgan fingerprint density at radius 2 is 1.91 bits per heavy atom. The van der Waals surface area contributed by atoms with Crippen molar-refractivity contribution in [3.8, 4) is 0 Å². The molecule has 23 heavy (non-hydrogen) atoms. The van der Waals surface area contributed by atoms with Crippen molar-refractivity contribution in [3.05, 3.63) is 30.3 Å². The minimum absolute atomic E-state index is 0.0356. The Kier molecular flexibility index (Phi) is 7.80. The Morgan fingerprint density at radius 3 is 2.39 bits per heavy atom. The van der Waals surface area contributed by atoms with Crippen LogP contribution in [0.15, 0.2) is 30.3 Å². The van der Waals surface area contributed by atoms with Crippen LogP contribution >= 0.6 is 0 Å². The number of hydrogen-bond donors (Lipinski definition) is 1. The number of nitrogens with one attached hydrogen (secondary N) is 1. The fourth-order valence-electron chi connectivity index (χ4n) is 2.09. The maximum absolute atomic E-state index is 12.1. The topological polar surface area (TPSA) is 55.4 Å². The van der Waals surface area contributed by atoms with E-state index in [9.17, 15) is 9.59 Å². The van der Waals surface area contributed by atoms with E-state index in [1.807, 2.05) is 51.1 Å². The molecule has 0 fully saturated rings. The molecule has 1 N–H and O–H groups in total. The summed E-state index contributed by atoms with van der Waals surface area (Å²) in [4.78, 5) is 23.6. The van der Waals surface area contributed by atoms with Crippen LogP contribution in [0.3, 0.4) is 0 Å². The van der Waals surface area contributed by atoms with Gasteiger partial charge in [0.05, 0.1) is 0 Å². The van der Waals surface area contributed by atoms with Crippen LogP contribution in [0.5, 0.6) is 0 Å². The molecule has 0 saturated carbocycles. The van der Waals surface area contributed by atoms with Gasteiger partial charge in [-0.15, -0.1) is 0 Å². The number of aldehydes is 1. The standard InChI is InChI=1S/C18H27NO3Se/c1-6-13(2)16(19-17(21)22-18(3,4)5)15(12-20)23-14-10-8-7-9-11-14/h7-13,15-16H,6H2,1-5H3,(H,19,21)/t13?,15-,16-/m0/s1. The Labute approximate surface area is 145 Å². The van der Waals surface area contributed by atoms with Crippen LogP contribution in [0.2, 0.25) is 4.82 Å². The summed E-state index contributed by atoms with van der Waals surface area (Å²) >= 11 is -0.0356. The van der Waals surface area contributed by atoms with Crippen LogP contribution in [-0.2, 0) is 9.53 Å². The average molecular weight is 384 g/mol. The molecule has 1 aromatic carbocycles. The van der Waals surface area contributed by atoms with Gasteiger partial charge in [-0.25, -0.2) is 0 Å². The number of alkyl carbamates (subject to hydrolysis) is 1. The molecule has 128 valence electrons. The Morgan fingerprint density at radius 1 is 1.30 bits per heavy atom. The number of carbonyl (C=O) groups excluding carboxylic acids is 2. The molecule has 3 atom stereocenters. The molecular weight excluding hydrogens is 357 g/mol. The summed E-state index contributed by atoms with van der Waals surface area (Å²) in [5.74, 6) is 0.198. The predicted octanol–water partition coefficient (Wildman–Crippen LogP) is 2.94. The van der Waals surface area contributed by atoms with Gasteiger partial charge in [-0.05, 0) is 0 Å². The summed E-state index contributed by atoms with van der Waals surface area (Å²) in [6.45, 7) is 9.60. The number of ether oxygens (including phenoxy) is 1. The maximum atomic E-state index is 12.1. The molecule has 0 bridgehead atoms. The van der Waals surface area contributed by atoms with Crippen LogP contribution in [-0.4, -0.2) is 39.0 Å². The average Bonchev–Trinajstić information content (AvgIpc) is 2.49. The summed E-state index contributed by atoms with van der Waals surface area (Å²) in [6, 6.07) is 9.74. The molecule has 0 aromatic heterocycles. The summed E-state index contributed by atoms with van der Waals surface area (Å²) in [7, 11) is 0. The molecule has 0 saturated heterocycles. The first-order valence-corrected chi connectivity index (χ1v) is 9.78. The third-order valence-electron chi connectivity index (χ3n) is 3.44. The monoisotopic (exact) mass is 385 g/mol. The number of carbonyl (C=O) groups is 2. The Hall–Kier alpha value is -1.32. The first kappa shape index (κ1) is 19.7. The van der Waals surface area contributed by atoms with E-state index in [-0.39, 0.29) is 31.7 Å². The van der Waals surface area contributed by atoms with Gasteiger partial charge in [-0.1, -0.05) is 0 Å². The second kappa shape index (κ2) is 9.09. The van der Waals surface area contributed by atoms with Crippen molar-refractivity contribution in [2.45, 2.75) is 57.5 Å². The van der Waals surface area contributed by atoms with Crippen molar-refractivity contribution >= 4 is 31.8 Å². The molecule has 0 aliphatic rings. The van der Waals surface area contributed by atoms with Crippen molar-refractivity contribution in [1.29, 1.82) is 0 Å². The summed E-state index contributed by atoms with van der Waals surface area (Å²) in [5, 5.41) is 2.92. The number of hydrogen-bond acceptors (Lipinski definition) is 3. The van der Waals surface area contributed by atoms with E-state index >= 15 is 0 Å². The zero-order chi connectivity index (χ0) is 17.5.